The predicted molar refractivity (Wildman–Crippen MR) is 89.9 cm³/mol. The number of anilines is 1. The van der Waals surface area contributed by atoms with Crippen LogP contribution in [-0.2, 0) is 6.42 Å². The lowest BCUT2D eigenvalue weighted by molar-refractivity contribution is 0.0988. The molecule has 2 aliphatic rings. The van der Waals surface area contributed by atoms with Crippen molar-refractivity contribution in [3.05, 3.63) is 35.4 Å². The van der Waals surface area contributed by atoms with Crippen molar-refractivity contribution in [1.29, 1.82) is 0 Å². The average molecular weight is 331 g/mol. The summed E-state index contributed by atoms with van der Waals surface area (Å²) in [6.45, 7) is 0. The van der Waals surface area contributed by atoms with Crippen LogP contribution in [0.3, 0.4) is 0 Å². The number of aromatic nitrogens is 2. The van der Waals surface area contributed by atoms with E-state index in [1.807, 2.05) is 18.2 Å². The van der Waals surface area contributed by atoms with Gasteiger partial charge in [-0.2, -0.15) is 0 Å². The normalized spacial score (nSPS) is 21.3. The van der Waals surface area contributed by atoms with E-state index in [9.17, 15) is 4.79 Å². The van der Waals surface area contributed by atoms with Crippen LogP contribution < -0.4 is 5.32 Å². The Bertz CT molecular complexity index is 696. The number of rotatable bonds is 4. The maximum Gasteiger partial charge on any atom is 0.206 e. The van der Waals surface area contributed by atoms with Crippen LogP contribution in [0.5, 0.6) is 0 Å². The molecule has 2 aliphatic carbocycles. The van der Waals surface area contributed by atoms with Gasteiger partial charge in [0.2, 0.25) is 5.13 Å². The number of carbonyl (C=O) groups excluding carboxylic acids is 1. The van der Waals surface area contributed by atoms with Gasteiger partial charge in [0.05, 0.1) is 5.25 Å². The first-order valence-electron chi connectivity index (χ1n) is 7.68. The zero-order valence-electron chi connectivity index (χ0n) is 12.1. The second-order valence-corrected chi connectivity index (χ2v) is 8.24. The third-order valence-electron chi connectivity index (χ3n) is 4.04. The van der Waals surface area contributed by atoms with Crippen LogP contribution in [0.4, 0.5) is 5.13 Å². The van der Waals surface area contributed by atoms with Gasteiger partial charge in [0, 0.05) is 11.6 Å². The summed E-state index contributed by atoms with van der Waals surface area (Å²) in [4.78, 5) is 12.8. The molecule has 6 heteroatoms. The van der Waals surface area contributed by atoms with Gasteiger partial charge in [0.1, 0.15) is 0 Å². The van der Waals surface area contributed by atoms with E-state index in [0.717, 1.165) is 34.3 Å². The van der Waals surface area contributed by atoms with Gasteiger partial charge in [0.25, 0.3) is 0 Å². The van der Waals surface area contributed by atoms with Crippen molar-refractivity contribution >= 4 is 34.0 Å². The van der Waals surface area contributed by atoms with Crippen LogP contribution in [0, 0.1) is 0 Å². The molecule has 0 radical (unpaired) electrons. The topological polar surface area (TPSA) is 54.9 Å². The molecule has 4 rings (SSSR count). The number of hydrogen-bond acceptors (Lipinski definition) is 6. The maximum atomic E-state index is 12.8. The molecule has 0 amide bonds. The molecule has 0 saturated heterocycles. The van der Waals surface area contributed by atoms with Gasteiger partial charge in [0.15, 0.2) is 10.1 Å². The number of aryl methyl sites for hydroxylation is 1. The Labute approximate surface area is 137 Å². The number of thioether (sulfide) groups is 1. The lowest BCUT2D eigenvalue weighted by Crippen LogP contribution is -2.16. The monoisotopic (exact) mass is 331 g/mol. The minimum Gasteiger partial charge on any atom is -0.357 e. The highest BCUT2D eigenvalue weighted by atomic mass is 32.2. The summed E-state index contributed by atoms with van der Waals surface area (Å²) in [7, 11) is 0. The van der Waals surface area contributed by atoms with Gasteiger partial charge in [-0.25, -0.2) is 0 Å². The molecular formula is C16H17N3OS2. The second kappa shape index (κ2) is 6.01. The summed E-state index contributed by atoms with van der Waals surface area (Å²) in [5, 5.41) is 12.6. The fourth-order valence-corrected chi connectivity index (χ4v) is 4.90. The van der Waals surface area contributed by atoms with Gasteiger partial charge < -0.3 is 5.32 Å². The number of nitrogens with zero attached hydrogens (tertiary/aromatic N) is 2. The van der Waals surface area contributed by atoms with Crippen LogP contribution in [0.15, 0.2) is 28.6 Å². The number of carbonyl (C=O) groups is 1. The fourth-order valence-electron chi connectivity index (χ4n) is 2.71. The molecule has 1 heterocycles. The lowest BCUT2D eigenvalue weighted by atomic mass is 10.0. The summed E-state index contributed by atoms with van der Waals surface area (Å²) >= 11 is 3.14. The first-order valence-corrected chi connectivity index (χ1v) is 9.38. The number of ketones is 1. The van der Waals surface area contributed by atoms with Crippen molar-refractivity contribution in [3.8, 4) is 0 Å². The first kappa shape index (κ1) is 14.2. The predicted octanol–water partition coefficient (Wildman–Crippen LogP) is 3.79. The van der Waals surface area contributed by atoms with Gasteiger partial charge in [-0.15, -0.1) is 10.2 Å². The highest BCUT2D eigenvalue weighted by Gasteiger charge is 2.28. The quantitative estimate of drug-likeness (QED) is 0.864. The summed E-state index contributed by atoms with van der Waals surface area (Å²) in [5.74, 6) is 0.241. The Balaban J connectivity index is 1.50. The molecule has 1 unspecified atom stereocenters. The molecule has 1 N–H and O–H groups in total. The molecule has 1 aromatic heterocycles. The third kappa shape index (κ3) is 3.03. The standard InChI is InChI=1S/C16H17N3OS2/c20-14-12-6-2-1-4-10(12)5-3-7-13(14)21-16-19-18-15(22-16)17-11-8-9-11/h1-2,4,6,11,13H,3,5,7-9H2,(H,17,18). The van der Waals surface area contributed by atoms with Gasteiger partial charge in [-0.1, -0.05) is 47.4 Å². The smallest absolute Gasteiger partial charge is 0.206 e. The molecule has 1 fully saturated rings. The van der Waals surface area contributed by atoms with Gasteiger partial charge in [-0.05, 0) is 37.7 Å². The molecule has 0 aliphatic heterocycles. The number of fused-ring (bicyclic) bond motifs is 1. The highest BCUT2D eigenvalue weighted by molar-refractivity contribution is 8.02. The number of Topliss-reactive ketones (excluding diaryl/α,β-unsaturated/α-hetero) is 1. The van der Waals surface area contributed by atoms with Crippen LogP contribution in [0.1, 0.15) is 41.6 Å². The SMILES string of the molecule is O=C1c2ccccc2CCCC1Sc1nnc(NC2CC2)s1. The van der Waals surface area contributed by atoms with Crippen molar-refractivity contribution in [2.45, 2.75) is 47.7 Å². The fraction of sp³-hybridized carbons (Fsp3) is 0.438. The van der Waals surface area contributed by atoms with Crippen molar-refractivity contribution in [2.24, 2.45) is 0 Å². The third-order valence-corrected chi connectivity index (χ3v) is 6.25. The van der Waals surface area contributed by atoms with E-state index in [2.05, 4.69) is 21.6 Å². The Morgan fingerprint density at radius 2 is 2.05 bits per heavy atom. The minimum absolute atomic E-state index is 0.0367. The van der Waals surface area contributed by atoms with E-state index in [4.69, 9.17) is 0 Å². The minimum atomic E-state index is -0.0367. The van der Waals surface area contributed by atoms with Crippen molar-refractivity contribution in [1.82, 2.24) is 10.2 Å². The highest BCUT2D eigenvalue weighted by Crippen LogP contribution is 2.36. The van der Waals surface area contributed by atoms with Crippen molar-refractivity contribution < 1.29 is 4.79 Å². The van der Waals surface area contributed by atoms with Crippen molar-refractivity contribution in [3.63, 3.8) is 0 Å². The molecule has 1 atom stereocenters. The summed E-state index contributed by atoms with van der Waals surface area (Å²) in [6.07, 6.45) is 5.39. The molecule has 1 aromatic carbocycles. The zero-order chi connectivity index (χ0) is 14.9. The van der Waals surface area contributed by atoms with Crippen molar-refractivity contribution in [2.75, 3.05) is 5.32 Å². The Kier molecular flexibility index (Phi) is 3.88. The van der Waals surface area contributed by atoms with Crippen LogP contribution in [0.25, 0.3) is 0 Å². The summed E-state index contributed by atoms with van der Waals surface area (Å²) in [6, 6.07) is 8.57. The zero-order valence-corrected chi connectivity index (χ0v) is 13.8. The Hall–Kier alpha value is -1.40. The van der Waals surface area contributed by atoms with Crippen LogP contribution >= 0.6 is 23.1 Å². The molecule has 114 valence electrons. The second-order valence-electron chi connectivity index (χ2n) is 5.81. The van der Waals surface area contributed by atoms with Crippen LogP contribution in [0.2, 0.25) is 0 Å². The molecule has 0 spiro atoms. The molecule has 22 heavy (non-hydrogen) atoms. The largest absolute Gasteiger partial charge is 0.357 e. The average Bonchev–Trinajstić information content (AvgIpc) is 3.26. The summed E-state index contributed by atoms with van der Waals surface area (Å²) < 4.78 is 0.890. The van der Waals surface area contributed by atoms with E-state index in [0.29, 0.717) is 6.04 Å². The molecule has 2 aromatic rings. The number of benzene rings is 1. The van der Waals surface area contributed by atoms with Crippen LogP contribution in [-0.4, -0.2) is 27.3 Å². The van der Waals surface area contributed by atoms with E-state index >= 15 is 0 Å². The lowest BCUT2D eigenvalue weighted by Gasteiger charge is -2.10. The van der Waals surface area contributed by atoms with Gasteiger partial charge in [-0.3, -0.25) is 4.79 Å². The van der Waals surface area contributed by atoms with Gasteiger partial charge >= 0.3 is 0 Å². The Morgan fingerprint density at radius 1 is 1.18 bits per heavy atom. The molecular weight excluding hydrogens is 314 g/mol. The Morgan fingerprint density at radius 3 is 2.91 bits per heavy atom. The van der Waals surface area contributed by atoms with E-state index in [1.54, 1.807) is 23.1 Å². The van der Waals surface area contributed by atoms with E-state index in [1.165, 1.54) is 18.4 Å². The number of hydrogen-bond donors (Lipinski definition) is 1. The maximum absolute atomic E-state index is 12.8. The summed E-state index contributed by atoms with van der Waals surface area (Å²) in [5.41, 5.74) is 2.07. The first-order chi connectivity index (χ1) is 10.8. The molecule has 1 saturated carbocycles. The molecule has 4 nitrogen and oxygen atoms in total. The molecule has 0 bridgehead atoms. The van der Waals surface area contributed by atoms with E-state index < -0.39 is 0 Å². The number of nitrogens with one attached hydrogen (secondary N) is 1. The van der Waals surface area contributed by atoms with E-state index in [-0.39, 0.29) is 11.0 Å².